The Kier molecular flexibility index (Phi) is 5.42. The zero-order valence-electron chi connectivity index (χ0n) is 13.8. The molecule has 0 aromatic carbocycles. The van der Waals surface area contributed by atoms with Crippen LogP contribution >= 0.6 is 0 Å². The third kappa shape index (κ3) is 7.00. The minimum absolute atomic E-state index is 0.119. The molecule has 1 amide bonds. The lowest BCUT2D eigenvalue weighted by Crippen LogP contribution is -2.51. The lowest BCUT2D eigenvalue weighted by molar-refractivity contribution is -0.130. The van der Waals surface area contributed by atoms with Crippen LogP contribution in [-0.2, 0) is 4.79 Å². The first-order valence-corrected chi connectivity index (χ1v) is 6.73. The predicted octanol–water partition coefficient (Wildman–Crippen LogP) is 2.91. The molecule has 0 aromatic heterocycles. The Morgan fingerprint density at radius 2 is 1.44 bits per heavy atom. The fourth-order valence-corrected chi connectivity index (χ4v) is 2.65. The van der Waals surface area contributed by atoms with Gasteiger partial charge in [-0.2, -0.15) is 0 Å². The summed E-state index contributed by atoms with van der Waals surface area (Å²) in [6.45, 7) is 15.6. The molecule has 0 saturated carbocycles. The van der Waals surface area contributed by atoms with Crippen molar-refractivity contribution in [1.29, 1.82) is 0 Å². The fourth-order valence-electron chi connectivity index (χ4n) is 2.65. The van der Waals surface area contributed by atoms with Gasteiger partial charge in [0.2, 0.25) is 5.91 Å². The standard InChI is InChI=1S/C15H32N2O/c1-13(2,3)12(18)16-15(6,7)10-14(4,5)11-17(8)9/h10-11H2,1-9H3,(H,16,18). The molecule has 18 heavy (non-hydrogen) atoms. The van der Waals surface area contributed by atoms with Crippen LogP contribution in [0, 0.1) is 10.8 Å². The van der Waals surface area contributed by atoms with Crippen molar-refractivity contribution in [3.63, 3.8) is 0 Å². The number of nitrogens with one attached hydrogen (secondary N) is 1. The highest BCUT2D eigenvalue weighted by molar-refractivity contribution is 5.81. The Morgan fingerprint density at radius 1 is 1.00 bits per heavy atom. The first-order valence-electron chi connectivity index (χ1n) is 6.73. The van der Waals surface area contributed by atoms with Crippen LogP contribution in [-0.4, -0.2) is 37.0 Å². The monoisotopic (exact) mass is 256 g/mol. The number of carbonyl (C=O) groups is 1. The van der Waals surface area contributed by atoms with Crippen molar-refractivity contribution in [3.8, 4) is 0 Å². The van der Waals surface area contributed by atoms with E-state index < -0.39 is 0 Å². The van der Waals surface area contributed by atoms with E-state index in [1.807, 2.05) is 20.8 Å². The third-order valence-corrected chi connectivity index (χ3v) is 2.80. The number of nitrogens with zero attached hydrogens (tertiary/aromatic N) is 1. The highest BCUT2D eigenvalue weighted by Gasteiger charge is 2.33. The number of rotatable bonds is 5. The van der Waals surface area contributed by atoms with Gasteiger partial charge in [-0.25, -0.2) is 0 Å². The third-order valence-electron chi connectivity index (χ3n) is 2.80. The number of amides is 1. The molecule has 0 aliphatic heterocycles. The summed E-state index contributed by atoms with van der Waals surface area (Å²) >= 11 is 0. The summed E-state index contributed by atoms with van der Waals surface area (Å²) in [6, 6.07) is 0. The van der Waals surface area contributed by atoms with Crippen molar-refractivity contribution < 1.29 is 4.79 Å². The van der Waals surface area contributed by atoms with Gasteiger partial charge in [-0.05, 0) is 39.8 Å². The predicted molar refractivity (Wildman–Crippen MR) is 78.6 cm³/mol. The average Bonchev–Trinajstić information content (AvgIpc) is 1.94. The molecule has 1 N–H and O–H groups in total. The topological polar surface area (TPSA) is 32.3 Å². The summed E-state index contributed by atoms with van der Waals surface area (Å²) in [4.78, 5) is 14.3. The van der Waals surface area contributed by atoms with Crippen molar-refractivity contribution in [3.05, 3.63) is 0 Å². The molecular weight excluding hydrogens is 224 g/mol. The number of hydrogen-bond donors (Lipinski definition) is 1. The van der Waals surface area contributed by atoms with Crippen LogP contribution in [0.4, 0.5) is 0 Å². The van der Waals surface area contributed by atoms with Crippen molar-refractivity contribution in [2.75, 3.05) is 20.6 Å². The van der Waals surface area contributed by atoms with E-state index in [1.165, 1.54) is 0 Å². The van der Waals surface area contributed by atoms with Gasteiger partial charge in [0.15, 0.2) is 0 Å². The van der Waals surface area contributed by atoms with Gasteiger partial charge < -0.3 is 10.2 Å². The Morgan fingerprint density at radius 3 is 1.78 bits per heavy atom. The van der Waals surface area contributed by atoms with Crippen molar-refractivity contribution in [2.45, 2.75) is 60.4 Å². The van der Waals surface area contributed by atoms with Crippen LogP contribution in [0.25, 0.3) is 0 Å². The largest absolute Gasteiger partial charge is 0.351 e. The van der Waals surface area contributed by atoms with Crippen LogP contribution in [0.3, 0.4) is 0 Å². The van der Waals surface area contributed by atoms with Gasteiger partial charge in [0.05, 0.1) is 0 Å². The zero-order chi connectivity index (χ0) is 14.8. The summed E-state index contributed by atoms with van der Waals surface area (Å²) < 4.78 is 0. The fraction of sp³-hybridized carbons (Fsp3) is 0.933. The lowest BCUT2D eigenvalue weighted by Gasteiger charge is -2.38. The minimum Gasteiger partial charge on any atom is -0.351 e. The van der Waals surface area contributed by atoms with E-state index >= 15 is 0 Å². The van der Waals surface area contributed by atoms with Gasteiger partial charge in [-0.1, -0.05) is 34.6 Å². The zero-order valence-corrected chi connectivity index (χ0v) is 13.8. The molecular formula is C15H32N2O. The SMILES string of the molecule is CN(C)CC(C)(C)CC(C)(C)NC(=O)C(C)(C)C. The number of hydrogen-bond acceptors (Lipinski definition) is 2. The maximum absolute atomic E-state index is 12.1. The molecule has 0 aliphatic rings. The van der Waals surface area contributed by atoms with Gasteiger partial charge in [0.25, 0.3) is 0 Å². The molecule has 0 rings (SSSR count). The molecule has 3 heteroatoms. The van der Waals surface area contributed by atoms with Crippen LogP contribution < -0.4 is 5.32 Å². The van der Waals surface area contributed by atoms with Crippen molar-refractivity contribution in [1.82, 2.24) is 10.2 Å². The summed E-state index contributed by atoms with van der Waals surface area (Å²) in [7, 11) is 4.17. The molecule has 0 bridgehead atoms. The van der Waals surface area contributed by atoms with Gasteiger partial charge in [-0.3, -0.25) is 4.79 Å². The quantitative estimate of drug-likeness (QED) is 0.820. The van der Waals surface area contributed by atoms with E-state index in [0.29, 0.717) is 0 Å². The smallest absolute Gasteiger partial charge is 0.225 e. The van der Waals surface area contributed by atoms with E-state index in [2.05, 4.69) is 52.0 Å². The minimum atomic E-state index is -0.330. The highest BCUT2D eigenvalue weighted by Crippen LogP contribution is 2.29. The lowest BCUT2D eigenvalue weighted by atomic mass is 9.79. The average molecular weight is 256 g/mol. The maximum atomic E-state index is 12.1. The Hall–Kier alpha value is -0.570. The van der Waals surface area contributed by atoms with Gasteiger partial charge >= 0.3 is 0 Å². The Labute approximate surface area is 113 Å². The van der Waals surface area contributed by atoms with E-state index in [9.17, 15) is 4.79 Å². The molecule has 0 fully saturated rings. The van der Waals surface area contributed by atoms with E-state index in [-0.39, 0.29) is 22.3 Å². The van der Waals surface area contributed by atoms with Crippen LogP contribution in [0.1, 0.15) is 54.9 Å². The molecule has 0 atom stereocenters. The van der Waals surface area contributed by atoms with Crippen molar-refractivity contribution >= 4 is 5.91 Å². The second-order valence-electron chi connectivity index (χ2n) is 8.17. The molecule has 0 spiro atoms. The van der Waals surface area contributed by atoms with Gasteiger partial charge in [-0.15, -0.1) is 0 Å². The van der Waals surface area contributed by atoms with E-state index in [0.717, 1.165) is 13.0 Å². The molecule has 0 aromatic rings. The second-order valence-corrected chi connectivity index (χ2v) is 8.17. The Balaban J connectivity index is 4.61. The molecule has 0 aliphatic carbocycles. The van der Waals surface area contributed by atoms with Gasteiger partial charge in [0, 0.05) is 17.5 Å². The van der Waals surface area contributed by atoms with Crippen LogP contribution in [0.15, 0.2) is 0 Å². The van der Waals surface area contributed by atoms with Crippen molar-refractivity contribution in [2.24, 2.45) is 10.8 Å². The first kappa shape index (κ1) is 17.4. The first-order chi connectivity index (χ1) is 7.75. The molecule has 108 valence electrons. The number of carbonyl (C=O) groups excluding carboxylic acids is 1. The summed E-state index contributed by atoms with van der Waals surface area (Å²) in [5, 5.41) is 3.17. The Bertz CT molecular complexity index is 285. The maximum Gasteiger partial charge on any atom is 0.225 e. The summed E-state index contributed by atoms with van der Waals surface area (Å²) in [5.41, 5.74) is -0.328. The van der Waals surface area contributed by atoms with E-state index in [4.69, 9.17) is 0 Å². The van der Waals surface area contributed by atoms with Crippen LogP contribution in [0.2, 0.25) is 0 Å². The normalized spacial score (nSPS) is 13.9. The molecule has 0 radical (unpaired) electrons. The van der Waals surface area contributed by atoms with Crippen LogP contribution in [0.5, 0.6) is 0 Å². The summed E-state index contributed by atoms with van der Waals surface area (Å²) in [5.74, 6) is 0.119. The molecule has 3 nitrogen and oxygen atoms in total. The second kappa shape index (κ2) is 5.60. The molecule has 0 unspecified atom stereocenters. The molecule has 0 saturated heterocycles. The van der Waals surface area contributed by atoms with Gasteiger partial charge in [0.1, 0.15) is 0 Å². The summed E-state index contributed by atoms with van der Waals surface area (Å²) in [6.07, 6.45) is 0.958. The van der Waals surface area contributed by atoms with E-state index in [1.54, 1.807) is 0 Å². The molecule has 0 heterocycles. The highest BCUT2D eigenvalue weighted by atomic mass is 16.2.